The fourth-order valence-electron chi connectivity index (χ4n) is 1.77. The van der Waals surface area contributed by atoms with Gasteiger partial charge in [-0.05, 0) is 42.8 Å². The van der Waals surface area contributed by atoms with E-state index in [1.807, 2.05) is 19.1 Å². The predicted molar refractivity (Wildman–Crippen MR) is 77.1 cm³/mol. The first-order valence-corrected chi connectivity index (χ1v) is 6.68. The lowest BCUT2D eigenvalue weighted by Crippen LogP contribution is -1.86. The molecule has 2 aromatic heterocycles. The highest BCUT2D eigenvalue weighted by molar-refractivity contribution is 9.10. The lowest BCUT2D eigenvalue weighted by atomic mass is 10.2. The molecule has 5 nitrogen and oxygen atoms in total. The Morgan fingerprint density at radius 2 is 2.05 bits per heavy atom. The SMILES string of the molecule is Cc1ccnc(-c2noc(-c3cc(Br)ccc3O)n2)c1. The summed E-state index contributed by atoms with van der Waals surface area (Å²) in [5.74, 6) is 0.728. The Morgan fingerprint density at radius 1 is 1.20 bits per heavy atom. The van der Waals surface area contributed by atoms with Gasteiger partial charge in [0.2, 0.25) is 5.82 Å². The van der Waals surface area contributed by atoms with Crippen molar-refractivity contribution in [2.75, 3.05) is 0 Å². The van der Waals surface area contributed by atoms with Gasteiger partial charge in [0.15, 0.2) is 0 Å². The van der Waals surface area contributed by atoms with E-state index in [4.69, 9.17) is 4.52 Å². The van der Waals surface area contributed by atoms with E-state index >= 15 is 0 Å². The third kappa shape index (κ3) is 2.42. The molecule has 0 aliphatic heterocycles. The predicted octanol–water partition coefficient (Wildman–Crippen LogP) is 3.58. The van der Waals surface area contributed by atoms with E-state index in [2.05, 4.69) is 31.1 Å². The van der Waals surface area contributed by atoms with Crippen LogP contribution in [-0.2, 0) is 0 Å². The second-order valence-corrected chi connectivity index (χ2v) is 5.22. The van der Waals surface area contributed by atoms with Crippen LogP contribution in [-0.4, -0.2) is 20.2 Å². The van der Waals surface area contributed by atoms with E-state index < -0.39 is 0 Å². The monoisotopic (exact) mass is 331 g/mol. The van der Waals surface area contributed by atoms with Gasteiger partial charge < -0.3 is 9.63 Å². The summed E-state index contributed by atoms with van der Waals surface area (Å²) in [6, 6.07) is 8.78. The van der Waals surface area contributed by atoms with Gasteiger partial charge in [-0.2, -0.15) is 4.98 Å². The topological polar surface area (TPSA) is 72.0 Å². The minimum Gasteiger partial charge on any atom is -0.507 e. The number of aryl methyl sites for hydroxylation is 1. The molecule has 100 valence electrons. The molecule has 0 aliphatic carbocycles. The molecule has 20 heavy (non-hydrogen) atoms. The van der Waals surface area contributed by atoms with Crippen LogP contribution in [0.1, 0.15) is 5.56 Å². The number of rotatable bonds is 2. The van der Waals surface area contributed by atoms with Crippen LogP contribution in [0.2, 0.25) is 0 Å². The Hall–Kier alpha value is -2.21. The van der Waals surface area contributed by atoms with Crippen molar-refractivity contribution in [2.24, 2.45) is 0 Å². The van der Waals surface area contributed by atoms with Gasteiger partial charge in [-0.1, -0.05) is 21.1 Å². The number of aromatic nitrogens is 3. The molecule has 0 amide bonds. The van der Waals surface area contributed by atoms with Crippen LogP contribution in [0.15, 0.2) is 45.5 Å². The zero-order valence-electron chi connectivity index (χ0n) is 10.5. The van der Waals surface area contributed by atoms with Crippen LogP contribution in [0.25, 0.3) is 23.0 Å². The number of phenols is 1. The number of benzene rings is 1. The maximum atomic E-state index is 9.85. The minimum absolute atomic E-state index is 0.0839. The van der Waals surface area contributed by atoms with E-state index in [0.29, 0.717) is 17.1 Å². The summed E-state index contributed by atoms with van der Waals surface area (Å²) >= 11 is 3.34. The van der Waals surface area contributed by atoms with E-state index in [-0.39, 0.29) is 11.6 Å². The molecule has 0 atom stereocenters. The van der Waals surface area contributed by atoms with Gasteiger partial charge in [0.05, 0.1) is 5.56 Å². The third-order valence-electron chi connectivity index (χ3n) is 2.76. The summed E-state index contributed by atoms with van der Waals surface area (Å²) in [7, 11) is 0. The number of hydrogen-bond acceptors (Lipinski definition) is 5. The molecular weight excluding hydrogens is 322 g/mol. The molecule has 1 aromatic carbocycles. The number of aromatic hydroxyl groups is 1. The highest BCUT2D eigenvalue weighted by Crippen LogP contribution is 2.31. The van der Waals surface area contributed by atoms with Crippen molar-refractivity contribution >= 4 is 15.9 Å². The number of hydrogen-bond donors (Lipinski definition) is 1. The molecule has 2 heterocycles. The number of pyridine rings is 1. The second kappa shape index (κ2) is 5.05. The second-order valence-electron chi connectivity index (χ2n) is 4.30. The van der Waals surface area contributed by atoms with Crippen LogP contribution in [0.3, 0.4) is 0 Å². The van der Waals surface area contributed by atoms with Crippen molar-refractivity contribution in [3.63, 3.8) is 0 Å². The Bertz CT molecular complexity index is 771. The van der Waals surface area contributed by atoms with Crippen molar-refractivity contribution in [1.82, 2.24) is 15.1 Å². The molecule has 0 bridgehead atoms. The number of phenolic OH excluding ortho intramolecular Hbond substituents is 1. The minimum atomic E-state index is 0.0839. The quantitative estimate of drug-likeness (QED) is 0.777. The van der Waals surface area contributed by atoms with Crippen molar-refractivity contribution in [2.45, 2.75) is 6.92 Å². The molecule has 0 aliphatic rings. The largest absolute Gasteiger partial charge is 0.507 e. The zero-order chi connectivity index (χ0) is 14.1. The van der Waals surface area contributed by atoms with Crippen LogP contribution < -0.4 is 0 Å². The van der Waals surface area contributed by atoms with Gasteiger partial charge in [-0.25, -0.2) is 0 Å². The Labute approximate surface area is 123 Å². The lowest BCUT2D eigenvalue weighted by Gasteiger charge is -1.99. The summed E-state index contributed by atoms with van der Waals surface area (Å²) in [5, 5.41) is 13.7. The molecular formula is C14H10BrN3O2. The van der Waals surface area contributed by atoms with Gasteiger partial charge in [0.25, 0.3) is 5.89 Å². The standard InChI is InChI=1S/C14H10BrN3O2/c1-8-4-5-16-11(6-8)13-17-14(20-18-13)10-7-9(15)2-3-12(10)19/h2-7,19H,1H3. The summed E-state index contributed by atoms with van der Waals surface area (Å²) in [4.78, 5) is 8.47. The van der Waals surface area contributed by atoms with Gasteiger partial charge in [0, 0.05) is 10.7 Å². The molecule has 0 radical (unpaired) electrons. The van der Waals surface area contributed by atoms with Crippen molar-refractivity contribution in [1.29, 1.82) is 0 Å². The average molecular weight is 332 g/mol. The van der Waals surface area contributed by atoms with Gasteiger partial charge in [-0.3, -0.25) is 4.98 Å². The summed E-state index contributed by atoms with van der Waals surface area (Å²) in [5.41, 5.74) is 2.17. The molecule has 0 fully saturated rings. The maximum absolute atomic E-state index is 9.85. The third-order valence-corrected chi connectivity index (χ3v) is 3.25. The van der Waals surface area contributed by atoms with E-state index in [1.165, 1.54) is 0 Å². The van der Waals surface area contributed by atoms with Crippen LogP contribution in [0.4, 0.5) is 0 Å². The molecule has 3 aromatic rings. The Balaban J connectivity index is 2.04. The summed E-state index contributed by atoms with van der Waals surface area (Å²) in [6.45, 7) is 1.96. The molecule has 0 saturated carbocycles. The highest BCUT2D eigenvalue weighted by atomic mass is 79.9. The maximum Gasteiger partial charge on any atom is 0.262 e. The first kappa shape index (κ1) is 12.8. The van der Waals surface area contributed by atoms with E-state index in [0.717, 1.165) is 10.0 Å². The van der Waals surface area contributed by atoms with Crippen LogP contribution in [0, 0.1) is 6.92 Å². The first-order valence-electron chi connectivity index (χ1n) is 5.89. The molecule has 6 heteroatoms. The van der Waals surface area contributed by atoms with Crippen LogP contribution in [0.5, 0.6) is 5.75 Å². The van der Waals surface area contributed by atoms with Gasteiger partial charge in [-0.15, -0.1) is 0 Å². The molecule has 1 N–H and O–H groups in total. The summed E-state index contributed by atoms with van der Waals surface area (Å²) in [6.07, 6.45) is 1.69. The van der Waals surface area contributed by atoms with Crippen molar-refractivity contribution in [3.8, 4) is 28.7 Å². The number of halogens is 1. The Morgan fingerprint density at radius 3 is 2.85 bits per heavy atom. The van der Waals surface area contributed by atoms with E-state index in [9.17, 15) is 5.11 Å². The van der Waals surface area contributed by atoms with Crippen LogP contribution >= 0.6 is 15.9 Å². The normalized spacial score (nSPS) is 10.7. The first-order chi connectivity index (χ1) is 9.63. The van der Waals surface area contributed by atoms with Gasteiger partial charge >= 0.3 is 0 Å². The average Bonchev–Trinajstić information content (AvgIpc) is 2.91. The zero-order valence-corrected chi connectivity index (χ0v) is 12.1. The summed E-state index contributed by atoms with van der Waals surface area (Å²) < 4.78 is 6.02. The fraction of sp³-hybridized carbons (Fsp3) is 0.0714. The molecule has 0 unspecified atom stereocenters. The van der Waals surface area contributed by atoms with Gasteiger partial charge in [0.1, 0.15) is 11.4 Å². The molecule has 0 saturated heterocycles. The lowest BCUT2D eigenvalue weighted by molar-refractivity contribution is 0.425. The number of nitrogens with zero attached hydrogens (tertiary/aromatic N) is 3. The van der Waals surface area contributed by atoms with Crippen molar-refractivity contribution in [3.05, 3.63) is 46.6 Å². The Kier molecular flexibility index (Phi) is 3.23. The molecule has 3 rings (SSSR count). The fourth-order valence-corrected chi connectivity index (χ4v) is 2.14. The van der Waals surface area contributed by atoms with Crippen molar-refractivity contribution < 1.29 is 9.63 Å². The molecule has 0 spiro atoms. The smallest absolute Gasteiger partial charge is 0.262 e. The highest BCUT2D eigenvalue weighted by Gasteiger charge is 2.15. The van der Waals surface area contributed by atoms with E-state index in [1.54, 1.807) is 24.4 Å².